The van der Waals surface area contributed by atoms with Crippen molar-refractivity contribution < 1.29 is 18.1 Å². The molecule has 8 nitrogen and oxygen atoms in total. The van der Waals surface area contributed by atoms with Crippen LogP contribution in [0.3, 0.4) is 0 Å². The highest BCUT2D eigenvalue weighted by molar-refractivity contribution is 7.91. The van der Waals surface area contributed by atoms with Crippen LogP contribution in [0, 0.1) is 10.1 Å². The molecule has 0 atom stereocenters. The predicted octanol–water partition coefficient (Wildman–Crippen LogP) is 2.66. The minimum atomic E-state index is -3.73. The number of benzene rings is 2. The van der Waals surface area contributed by atoms with Crippen molar-refractivity contribution >= 4 is 33.0 Å². The molecule has 9 heteroatoms. The average Bonchev–Trinajstić information content (AvgIpc) is 3.01. The quantitative estimate of drug-likeness (QED) is 0.616. The Bertz CT molecular complexity index is 941. The number of sulfonamides is 1. The molecule has 2 aromatic rings. The molecule has 0 aromatic heterocycles. The fourth-order valence-electron chi connectivity index (χ4n) is 2.83. The molecule has 26 heavy (non-hydrogen) atoms. The van der Waals surface area contributed by atoms with Crippen molar-refractivity contribution in [3.8, 4) is 0 Å². The third-order valence-electron chi connectivity index (χ3n) is 4.00. The van der Waals surface area contributed by atoms with Crippen molar-refractivity contribution in [1.82, 2.24) is 0 Å². The minimum absolute atomic E-state index is 0.0593. The fraction of sp³-hybridized carbons (Fsp3) is 0.235. The zero-order valence-corrected chi connectivity index (χ0v) is 14.6. The summed E-state index contributed by atoms with van der Waals surface area (Å²) >= 11 is 0. The summed E-state index contributed by atoms with van der Waals surface area (Å²) in [5.74, 6) is -0.315. The number of amides is 1. The van der Waals surface area contributed by atoms with Gasteiger partial charge in [0.25, 0.3) is 5.69 Å². The van der Waals surface area contributed by atoms with Crippen LogP contribution in [0.5, 0.6) is 0 Å². The van der Waals surface area contributed by atoms with Gasteiger partial charge in [0.15, 0.2) is 0 Å². The molecule has 0 aliphatic carbocycles. The van der Waals surface area contributed by atoms with Crippen molar-refractivity contribution in [1.29, 1.82) is 0 Å². The van der Waals surface area contributed by atoms with Crippen LogP contribution in [0.1, 0.15) is 18.4 Å². The van der Waals surface area contributed by atoms with E-state index in [1.807, 2.05) is 0 Å². The summed E-state index contributed by atoms with van der Waals surface area (Å²) in [6.45, 7) is 0.663. The second-order valence-corrected chi connectivity index (χ2v) is 7.71. The van der Waals surface area contributed by atoms with Gasteiger partial charge in [0, 0.05) is 36.5 Å². The second kappa shape index (κ2) is 7.12. The Labute approximate surface area is 150 Å². The van der Waals surface area contributed by atoms with E-state index in [1.54, 1.807) is 29.2 Å². The molecule has 0 radical (unpaired) electrons. The van der Waals surface area contributed by atoms with Gasteiger partial charge in [-0.3, -0.25) is 19.6 Å². The van der Waals surface area contributed by atoms with Crippen LogP contribution >= 0.6 is 0 Å². The maximum Gasteiger partial charge on any atom is 0.269 e. The van der Waals surface area contributed by atoms with Gasteiger partial charge < -0.3 is 4.90 Å². The highest BCUT2D eigenvalue weighted by Crippen LogP contribution is 2.24. The molecule has 2 aromatic carbocycles. The van der Waals surface area contributed by atoms with Gasteiger partial charge in [-0.25, -0.2) is 8.42 Å². The molecule has 136 valence electrons. The summed E-state index contributed by atoms with van der Waals surface area (Å²) < 4.78 is 27.0. The Kier molecular flexibility index (Phi) is 4.90. The lowest BCUT2D eigenvalue weighted by Crippen LogP contribution is -2.23. The van der Waals surface area contributed by atoms with Gasteiger partial charge in [-0.05, 0) is 36.2 Å². The van der Waals surface area contributed by atoms with Crippen LogP contribution < -0.4 is 9.62 Å². The maximum absolute atomic E-state index is 12.3. The number of carbonyl (C=O) groups is 1. The van der Waals surface area contributed by atoms with Gasteiger partial charge in [-0.2, -0.15) is 0 Å². The predicted molar refractivity (Wildman–Crippen MR) is 97.4 cm³/mol. The summed E-state index contributed by atoms with van der Waals surface area (Å²) in [6.07, 6.45) is 1.34. The Morgan fingerprint density at radius 1 is 1.15 bits per heavy atom. The van der Waals surface area contributed by atoms with Crippen molar-refractivity contribution in [2.75, 3.05) is 16.2 Å². The first-order chi connectivity index (χ1) is 12.3. The number of nitro benzene ring substituents is 1. The van der Waals surface area contributed by atoms with E-state index >= 15 is 0 Å². The molecule has 1 heterocycles. The molecule has 1 aliphatic rings. The fourth-order valence-corrected chi connectivity index (χ4v) is 4.01. The summed E-state index contributed by atoms with van der Waals surface area (Å²) in [5, 5.41) is 10.8. The number of carbonyl (C=O) groups excluding carboxylic acids is 1. The number of nitrogens with zero attached hydrogens (tertiary/aromatic N) is 2. The lowest BCUT2D eigenvalue weighted by Gasteiger charge is -2.16. The van der Waals surface area contributed by atoms with E-state index in [9.17, 15) is 23.3 Å². The van der Waals surface area contributed by atoms with Crippen molar-refractivity contribution in [3.63, 3.8) is 0 Å². The molecular weight excluding hydrogens is 358 g/mol. The molecular formula is C17H17N3O5S. The third kappa shape index (κ3) is 4.17. The molecule has 0 unspecified atom stereocenters. The zero-order valence-electron chi connectivity index (χ0n) is 13.8. The summed E-state index contributed by atoms with van der Waals surface area (Å²) in [5.41, 5.74) is 1.27. The standard InChI is InChI=1S/C17H17N3O5S/c21-17-5-2-10-19(17)15-8-6-14(7-9-15)18-26(24,25)12-13-3-1-4-16(11-13)20(22)23/h1,3-4,6-9,11,18H,2,5,10,12H2. The minimum Gasteiger partial charge on any atom is -0.312 e. The van der Waals surface area contributed by atoms with Crippen LogP contribution in [0.15, 0.2) is 48.5 Å². The summed E-state index contributed by atoms with van der Waals surface area (Å²) in [4.78, 5) is 23.6. The molecule has 1 amide bonds. The molecule has 1 fully saturated rings. The molecule has 1 saturated heterocycles. The number of nitro groups is 1. The lowest BCUT2D eigenvalue weighted by molar-refractivity contribution is -0.384. The highest BCUT2D eigenvalue weighted by atomic mass is 32.2. The molecule has 1 aliphatic heterocycles. The number of non-ortho nitro benzene ring substituents is 1. The Morgan fingerprint density at radius 3 is 2.50 bits per heavy atom. The monoisotopic (exact) mass is 375 g/mol. The number of anilines is 2. The average molecular weight is 375 g/mol. The van der Waals surface area contributed by atoms with Crippen LogP contribution in [0.4, 0.5) is 17.1 Å². The molecule has 0 bridgehead atoms. The van der Waals surface area contributed by atoms with Gasteiger partial charge in [0.2, 0.25) is 15.9 Å². The lowest BCUT2D eigenvalue weighted by atomic mass is 10.2. The van der Waals surface area contributed by atoms with E-state index in [1.165, 1.54) is 24.3 Å². The van der Waals surface area contributed by atoms with Crippen molar-refractivity contribution in [3.05, 3.63) is 64.2 Å². The Morgan fingerprint density at radius 2 is 1.88 bits per heavy atom. The van der Waals surface area contributed by atoms with E-state index in [4.69, 9.17) is 0 Å². The topological polar surface area (TPSA) is 110 Å². The zero-order chi connectivity index (χ0) is 18.7. The first kappa shape index (κ1) is 17.9. The number of hydrogen-bond acceptors (Lipinski definition) is 5. The van der Waals surface area contributed by atoms with E-state index in [-0.39, 0.29) is 17.3 Å². The third-order valence-corrected chi connectivity index (χ3v) is 5.26. The Balaban J connectivity index is 1.70. The molecule has 0 saturated carbocycles. The van der Waals surface area contributed by atoms with Crippen LogP contribution in [0.2, 0.25) is 0 Å². The normalized spacial score (nSPS) is 14.5. The highest BCUT2D eigenvalue weighted by Gasteiger charge is 2.21. The summed E-state index contributed by atoms with van der Waals surface area (Å²) in [6, 6.07) is 12.1. The summed E-state index contributed by atoms with van der Waals surface area (Å²) in [7, 11) is -3.73. The van der Waals surface area contributed by atoms with E-state index in [2.05, 4.69) is 4.72 Å². The largest absolute Gasteiger partial charge is 0.312 e. The molecule has 0 spiro atoms. The van der Waals surface area contributed by atoms with Gasteiger partial charge in [-0.15, -0.1) is 0 Å². The van der Waals surface area contributed by atoms with Gasteiger partial charge in [0.05, 0.1) is 10.7 Å². The number of nitrogens with one attached hydrogen (secondary N) is 1. The Hall–Kier alpha value is -2.94. The van der Waals surface area contributed by atoms with E-state index in [0.717, 1.165) is 12.1 Å². The van der Waals surface area contributed by atoms with Crippen molar-refractivity contribution in [2.45, 2.75) is 18.6 Å². The first-order valence-corrected chi connectivity index (χ1v) is 9.63. The van der Waals surface area contributed by atoms with Gasteiger partial charge in [0.1, 0.15) is 0 Å². The van der Waals surface area contributed by atoms with E-state index in [0.29, 0.717) is 24.2 Å². The van der Waals surface area contributed by atoms with Crippen LogP contribution in [0.25, 0.3) is 0 Å². The first-order valence-electron chi connectivity index (χ1n) is 7.98. The smallest absolute Gasteiger partial charge is 0.269 e. The van der Waals surface area contributed by atoms with Crippen LogP contribution in [-0.2, 0) is 20.6 Å². The van der Waals surface area contributed by atoms with Gasteiger partial charge in [-0.1, -0.05) is 12.1 Å². The maximum atomic E-state index is 12.3. The van der Waals surface area contributed by atoms with E-state index < -0.39 is 14.9 Å². The molecule has 3 rings (SSSR count). The van der Waals surface area contributed by atoms with Crippen molar-refractivity contribution in [2.24, 2.45) is 0 Å². The number of hydrogen-bond donors (Lipinski definition) is 1. The molecule has 1 N–H and O–H groups in total. The second-order valence-electron chi connectivity index (χ2n) is 5.98. The van der Waals surface area contributed by atoms with Gasteiger partial charge >= 0.3 is 0 Å². The SMILES string of the molecule is O=C1CCCN1c1ccc(NS(=O)(=O)Cc2cccc([N+](=O)[O-])c2)cc1. The van der Waals surface area contributed by atoms with Crippen LogP contribution in [-0.4, -0.2) is 25.8 Å². The number of rotatable bonds is 6.